The van der Waals surface area contributed by atoms with Gasteiger partial charge < -0.3 is 20.8 Å². The van der Waals surface area contributed by atoms with Crippen LogP contribution in [-0.2, 0) is 6.54 Å². The zero-order valence-electron chi connectivity index (χ0n) is 10.7. The van der Waals surface area contributed by atoms with E-state index in [0.717, 1.165) is 11.3 Å². The van der Waals surface area contributed by atoms with E-state index in [9.17, 15) is 4.79 Å². The minimum Gasteiger partial charge on any atom is -0.468 e. The summed E-state index contributed by atoms with van der Waals surface area (Å²) in [5.74, 6) is 0.902. The smallest absolute Gasteiger partial charge is 0.316 e. The minimum absolute atomic E-state index is 0.188. The SMILES string of the molecule is CC(NCc1ccco1)c1ccc(NC(N)=O)cc1. The van der Waals surface area contributed by atoms with Gasteiger partial charge in [0.25, 0.3) is 0 Å². The second-order valence-corrected chi connectivity index (χ2v) is 4.29. The average molecular weight is 259 g/mol. The fourth-order valence-corrected chi connectivity index (χ4v) is 1.78. The van der Waals surface area contributed by atoms with E-state index in [1.807, 2.05) is 36.4 Å². The van der Waals surface area contributed by atoms with E-state index in [2.05, 4.69) is 17.6 Å². The van der Waals surface area contributed by atoms with Crippen LogP contribution in [0.3, 0.4) is 0 Å². The van der Waals surface area contributed by atoms with Crippen molar-refractivity contribution in [2.24, 2.45) is 5.73 Å². The molecule has 0 aliphatic rings. The van der Waals surface area contributed by atoms with Crippen LogP contribution < -0.4 is 16.4 Å². The number of furan rings is 1. The van der Waals surface area contributed by atoms with Gasteiger partial charge in [0.2, 0.25) is 0 Å². The Labute approximate surface area is 111 Å². The van der Waals surface area contributed by atoms with Gasteiger partial charge in [0.15, 0.2) is 0 Å². The molecule has 2 amide bonds. The third-order valence-electron chi connectivity index (χ3n) is 2.84. The van der Waals surface area contributed by atoms with Gasteiger partial charge >= 0.3 is 6.03 Å². The number of carbonyl (C=O) groups excluding carboxylic acids is 1. The first-order valence-electron chi connectivity index (χ1n) is 6.07. The number of amides is 2. The number of primary amides is 1. The number of nitrogens with two attached hydrogens (primary N) is 1. The molecule has 0 bridgehead atoms. The first kappa shape index (κ1) is 13.2. The van der Waals surface area contributed by atoms with E-state index in [0.29, 0.717) is 12.2 Å². The van der Waals surface area contributed by atoms with E-state index in [-0.39, 0.29) is 6.04 Å². The van der Waals surface area contributed by atoms with Crippen molar-refractivity contribution in [1.82, 2.24) is 5.32 Å². The van der Waals surface area contributed by atoms with Crippen molar-refractivity contribution < 1.29 is 9.21 Å². The number of rotatable bonds is 5. The first-order chi connectivity index (χ1) is 9.15. The van der Waals surface area contributed by atoms with Crippen LogP contribution in [0, 0.1) is 0 Å². The van der Waals surface area contributed by atoms with Crippen molar-refractivity contribution >= 4 is 11.7 Å². The standard InChI is InChI=1S/C14H17N3O2/c1-10(16-9-13-3-2-8-19-13)11-4-6-12(7-5-11)17-14(15)18/h2-8,10,16H,9H2,1H3,(H3,15,17,18). The molecular formula is C14H17N3O2. The second-order valence-electron chi connectivity index (χ2n) is 4.29. The summed E-state index contributed by atoms with van der Waals surface area (Å²) in [4.78, 5) is 10.7. The monoisotopic (exact) mass is 259 g/mol. The summed E-state index contributed by atoms with van der Waals surface area (Å²) in [5.41, 5.74) is 6.87. The molecule has 2 aromatic rings. The van der Waals surface area contributed by atoms with Crippen LogP contribution in [0.25, 0.3) is 0 Å². The number of carbonyl (C=O) groups is 1. The summed E-state index contributed by atoms with van der Waals surface area (Å²) < 4.78 is 5.26. The topological polar surface area (TPSA) is 80.3 Å². The molecule has 5 heteroatoms. The largest absolute Gasteiger partial charge is 0.468 e. The van der Waals surface area contributed by atoms with Crippen molar-refractivity contribution in [2.45, 2.75) is 19.5 Å². The zero-order chi connectivity index (χ0) is 13.7. The highest BCUT2D eigenvalue weighted by Gasteiger charge is 2.06. The minimum atomic E-state index is -0.559. The predicted molar refractivity (Wildman–Crippen MR) is 73.6 cm³/mol. The highest BCUT2D eigenvalue weighted by atomic mass is 16.3. The van der Waals surface area contributed by atoms with Gasteiger partial charge in [0.05, 0.1) is 12.8 Å². The number of hydrogen-bond acceptors (Lipinski definition) is 3. The number of hydrogen-bond donors (Lipinski definition) is 3. The molecule has 1 aromatic heterocycles. The fraction of sp³-hybridized carbons (Fsp3) is 0.214. The molecule has 4 N–H and O–H groups in total. The van der Waals surface area contributed by atoms with Crippen LogP contribution in [0.5, 0.6) is 0 Å². The van der Waals surface area contributed by atoms with E-state index in [1.54, 1.807) is 6.26 Å². The Balaban J connectivity index is 1.91. The molecule has 1 atom stereocenters. The number of anilines is 1. The molecule has 1 aromatic carbocycles. The van der Waals surface area contributed by atoms with Crippen molar-refractivity contribution in [3.05, 3.63) is 54.0 Å². The van der Waals surface area contributed by atoms with E-state index in [4.69, 9.17) is 10.2 Å². The van der Waals surface area contributed by atoms with Gasteiger partial charge in [0.1, 0.15) is 5.76 Å². The fourth-order valence-electron chi connectivity index (χ4n) is 1.78. The maximum Gasteiger partial charge on any atom is 0.316 e. The van der Waals surface area contributed by atoms with Gasteiger partial charge in [-0.2, -0.15) is 0 Å². The van der Waals surface area contributed by atoms with Crippen LogP contribution in [0.1, 0.15) is 24.3 Å². The molecule has 19 heavy (non-hydrogen) atoms. The third-order valence-corrected chi connectivity index (χ3v) is 2.84. The Bertz CT molecular complexity index is 520. The highest BCUT2D eigenvalue weighted by molar-refractivity contribution is 5.87. The molecule has 2 rings (SSSR count). The molecule has 0 radical (unpaired) electrons. The molecule has 5 nitrogen and oxygen atoms in total. The van der Waals surface area contributed by atoms with E-state index >= 15 is 0 Å². The normalized spacial score (nSPS) is 12.1. The van der Waals surface area contributed by atoms with Gasteiger partial charge in [-0.3, -0.25) is 0 Å². The average Bonchev–Trinajstić information content (AvgIpc) is 2.89. The molecule has 0 saturated heterocycles. The summed E-state index contributed by atoms with van der Waals surface area (Å²) in [6.07, 6.45) is 1.66. The molecule has 0 aliphatic heterocycles. The zero-order valence-corrected chi connectivity index (χ0v) is 10.7. The van der Waals surface area contributed by atoms with Gasteiger partial charge in [-0.15, -0.1) is 0 Å². The van der Waals surface area contributed by atoms with E-state index < -0.39 is 6.03 Å². The van der Waals surface area contributed by atoms with Crippen molar-refractivity contribution in [3.63, 3.8) is 0 Å². The van der Waals surface area contributed by atoms with Gasteiger partial charge in [-0.05, 0) is 36.8 Å². The third kappa shape index (κ3) is 3.86. The lowest BCUT2D eigenvalue weighted by Crippen LogP contribution is -2.20. The van der Waals surface area contributed by atoms with Crippen LogP contribution >= 0.6 is 0 Å². The Hall–Kier alpha value is -2.27. The molecule has 0 saturated carbocycles. The summed E-state index contributed by atoms with van der Waals surface area (Å²) in [5, 5.41) is 5.88. The lowest BCUT2D eigenvalue weighted by molar-refractivity contribution is 0.259. The number of benzene rings is 1. The van der Waals surface area contributed by atoms with Crippen LogP contribution in [0.15, 0.2) is 47.1 Å². The Morgan fingerprint density at radius 2 is 2.05 bits per heavy atom. The Morgan fingerprint density at radius 1 is 1.32 bits per heavy atom. The maximum absolute atomic E-state index is 10.7. The van der Waals surface area contributed by atoms with Crippen LogP contribution in [0.2, 0.25) is 0 Å². The summed E-state index contributed by atoms with van der Waals surface area (Å²) >= 11 is 0. The lowest BCUT2D eigenvalue weighted by Gasteiger charge is -2.14. The lowest BCUT2D eigenvalue weighted by atomic mass is 10.1. The van der Waals surface area contributed by atoms with Gasteiger partial charge in [-0.25, -0.2) is 4.79 Å². The number of urea groups is 1. The Kier molecular flexibility index (Phi) is 4.20. The van der Waals surface area contributed by atoms with Crippen molar-refractivity contribution in [3.8, 4) is 0 Å². The molecule has 1 heterocycles. The summed E-state index contributed by atoms with van der Waals surface area (Å²) in [6.45, 7) is 2.74. The van der Waals surface area contributed by atoms with Crippen LogP contribution in [0.4, 0.5) is 10.5 Å². The molecule has 1 unspecified atom stereocenters. The van der Waals surface area contributed by atoms with E-state index in [1.165, 1.54) is 0 Å². The molecule has 0 spiro atoms. The summed E-state index contributed by atoms with van der Waals surface area (Å²) in [6, 6.07) is 11.0. The molecule has 100 valence electrons. The highest BCUT2D eigenvalue weighted by Crippen LogP contribution is 2.16. The molecule has 0 aliphatic carbocycles. The van der Waals surface area contributed by atoms with Crippen LogP contribution in [-0.4, -0.2) is 6.03 Å². The molecular weight excluding hydrogens is 242 g/mol. The first-order valence-corrected chi connectivity index (χ1v) is 6.07. The Morgan fingerprint density at radius 3 is 2.63 bits per heavy atom. The van der Waals surface area contributed by atoms with Gasteiger partial charge in [0, 0.05) is 11.7 Å². The predicted octanol–water partition coefficient (Wildman–Crippen LogP) is 2.62. The maximum atomic E-state index is 10.7. The van der Waals surface area contributed by atoms with Gasteiger partial charge in [-0.1, -0.05) is 12.1 Å². The quantitative estimate of drug-likeness (QED) is 0.772. The van der Waals surface area contributed by atoms with Crippen molar-refractivity contribution in [1.29, 1.82) is 0 Å². The number of nitrogens with one attached hydrogen (secondary N) is 2. The summed E-state index contributed by atoms with van der Waals surface area (Å²) in [7, 11) is 0. The van der Waals surface area contributed by atoms with Crippen molar-refractivity contribution in [2.75, 3.05) is 5.32 Å². The molecule has 0 fully saturated rings. The second kappa shape index (κ2) is 6.06.